The van der Waals surface area contributed by atoms with Crippen LogP contribution in [0.15, 0.2) is 41.3 Å². The van der Waals surface area contributed by atoms with Crippen molar-refractivity contribution in [3.05, 3.63) is 36.4 Å². The molecule has 2 fully saturated rings. The SMILES string of the molecule is O=C(CN1C(=O)[C@H]2CC=CC[C@@H]2C1=O)Nc1ccc(S(=O)(=O)N2CCOCC2)cc1. The first kappa shape index (κ1) is 20.7. The highest BCUT2D eigenvalue weighted by atomic mass is 32.2. The van der Waals surface area contributed by atoms with E-state index in [0.29, 0.717) is 44.8 Å². The van der Waals surface area contributed by atoms with Crippen LogP contribution in [0.1, 0.15) is 12.8 Å². The molecule has 9 nitrogen and oxygen atoms in total. The number of nitrogens with zero attached hydrogens (tertiary/aromatic N) is 2. The van der Waals surface area contributed by atoms with Crippen LogP contribution in [0.25, 0.3) is 0 Å². The molecule has 3 amide bonds. The average molecular weight is 433 g/mol. The van der Waals surface area contributed by atoms with Crippen LogP contribution in [-0.2, 0) is 29.1 Å². The van der Waals surface area contributed by atoms with Crippen molar-refractivity contribution in [2.45, 2.75) is 17.7 Å². The molecule has 0 bridgehead atoms. The molecule has 0 radical (unpaired) electrons. The molecule has 0 unspecified atom stereocenters. The van der Waals surface area contributed by atoms with Crippen molar-refractivity contribution in [2.24, 2.45) is 11.8 Å². The van der Waals surface area contributed by atoms with Gasteiger partial charge in [0, 0.05) is 18.8 Å². The second-order valence-electron chi connectivity index (χ2n) is 7.51. The number of hydrogen-bond donors (Lipinski definition) is 1. The van der Waals surface area contributed by atoms with E-state index < -0.39 is 15.9 Å². The molecular weight excluding hydrogens is 410 g/mol. The highest BCUT2D eigenvalue weighted by molar-refractivity contribution is 7.89. The first-order valence-corrected chi connectivity index (χ1v) is 11.3. The first-order valence-electron chi connectivity index (χ1n) is 9.86. The van der Waals surface area contributed by atoms with Gasteiger partial charge in [0.05, 0.1) is 29.9 Å². The molecule has 0 saturated carbocycles. The fourth-order valence-corrected chi connectivity index (χ4v) is 5.42. The molecule has 2 aliphatic heterocycles. The Kier molecular flexibility index (Phi) is 5.72. The number of hydrogen-bond acceptors (Lipinski definition) is 6. The van der Waals surface area contributed by atoms with Crippen molar-refractivity contribution in [3.8, 4) is 0 Å². The highest BCUT2D eigenvalue weighted by Crippen LogP contribution is 2.34. The molecule has 0 aromatic heterocycles. The van der Waals surface area contributed by atoms with Crippen LogP contribution in [0.3, 0.4) is 0 Å². The van der Waals surface area contributed by atoms with E-state index >= 15 is 0 Å². The van der Waals surface area contributed by atoms with Gasteiger partial charge in [0.25, 0.3) is 0 Å². The lowest BCUT2D eigenvalue weighted by atomic mass is 9.85. The molecule has 2 atom stereocenters. The minimum Gasteiger partial charge on any atom is -0.379 e. The minimum atomic E-state index is -3.62. The summed E-state index contributed by atoms with van der Waals surface area (Å²) < 4.78 is 31.8. The number of rotatable bonds is 5. The highest BCUT2D eigenvalue weighted by Gasteiger charge is 2.47. The van der Waals surface area contributed by atoms with Gasteiger partial charge in [-0.05, 0) is 37.1 Å². The van der Waals surface area contributed by atoms with Gasteiger partial charge in [0.15, 0.2) is 0 Å². The van der Waals surface area contributed by atoms with Crippen LogP contribution in [0, 0.1) is 11.8 Å². The molecular formula is C20H23N3O6S. The maximum Gasteiger partial charge on any atom is 0.244 e. The van der Waals surface area contributed by atoms with Crippen molar-refractivity contribution in [2.75, 3.05) is 38.2 Å². The molecule has 2 heterocycles. The monoisotopic (exact) mass is 433 g/mol. The second-order valence-corrected chi connectivity index (χ2v) is 9.45. The number of carbonyl (C=O) groups is 3. The summed E-state index contributed by atoms with van der Waals surface area (Å²) in [5, 5.41) is 2.62. The van der Waals surface area contributed by atoms with E-state index in [1.165, 1.54) is 28.6 Å². The standard InChI is InChI=1S/C20H23N3O6S/c24-18(13-23-19(25)16-3-1-2-4-17(16)20(23)26)21-14-5-7-15(8-6-14)30(27,28)22-9-11-29-12-10-22/h1-2,5-8,16-17H,3-4,9-13H2,(H,21,24)/t16-,17-/m0/s1. The Balaban J connectivity index is 1.38. The number of benzene rings is 1. The number of imide groups is 1. The lowest BCUT2D eigenvalue weighted by molar-refractivity contribution is -0.142. The molecule has 4 rings (SSSR count). The van der Waals surface area contributed by atoms with Gasteiger partial charge in [-0.25, -0.2) is 8.42 Å². The van der Waals surface area contributed by atoms with Crippen LogP contribution in [0.5, 0.6) is 0 Å². The van der Waals surface area contributed by atoms with Crippen molar-refractivity contribution >= 4 is 33.4 Å². The number of nitrogens with one attached hydrogen (secondary N) is 1. The molecule has 160 valence electrons. The van der Waals surface area contributed by atoms with Gasteiger partial charge >= 0.3 is 0 Å². The number of allylic oxidation sites excluding steroid dienone is 2. The van der Waals surface area contributed by atoms with E-state index in [1.807, 2.05) is 12.2 Å². The van der Waals surface area contributed by atoms with E-state index in [1.54, 1.807) is 0 Å². The lowest BCUT2D eigenvalue weighted by Crippen LogP contribution is -2.40. The Morgan fingerprint density at radius 1 is 1.00 bits per heavy atom. The van der Waals surface area contributed by atoms with Gasteiger partial charge in [-0.1, -0.05) is 12.2 Å². The number of ether oxygens (including phenoxy) is 1. The third kappa shape index (κ3) is 3.90. The Hall–Kier alpha value is -2.56. The number of sulfonamides is 1. The summed E-state index contributed by atoms with van der Waals surface area (Å²) in [7, 11) is -3.62. The fraction of sp³-hybridized carbons (Fsp3) is 0.450. The predicted octanol–water partition coefficient (Wildman–Crippen LogP) is 0.597. The number of carbonyl (C=O) groups excluding carboxylic acids is 3. The summed E-state index contributed by atoms with van der Waals surface area (Å²) in [6.07, 6.45) is 4.82. The molecule has 0 spiro atoms. The normalized spacial score (nSPS) is 24.7. The summed E-state index contributed by atoms with van der Waals surface area (Å²) in [6, 6.07) is 5.82. The molecule has 30 heavy (non-hydrogen) atoms. The van der Waals surface area contributed by atoms with Crippen molar-refractivity contribution in [1.82, 2.24) is 9.21 Å². The maximum atomic E-state index is 12.6. The van der Waals surface area contributed by atoms with E-state index in [9.17, 15) is 22.8 Å². The molecule has 1 aliphatic carbocycles. The van der Waals surface area contributed by atoms with Gasteiger partial charge in [-0.3, -0.25) is 19.3 Å². The third-order valence-corrected chi connectivity index (χ3v) is 7.56. The summed E-state index contributed by atoms with van der Waals surface area (Å²) in [6.45, 7) is 0.975. The zero-order chi connectivity index (χ0) is 21.3. The van der Waals surface area contributed by atoms with E-state index in [2.05, 4.69) is 5.32 Å². The minimum absolute atomic E-state index is 0.129. The second kappa shape index (κ2) is 8.29. The summed E-state index contributed by atoms with van der Waals surface area (Å²) in [4.78, 5) is 38.4. The Morgan fingerprint density at radius 3 is 2.13 bits per heavy atom. The third-order valence-electron chi connectivity index (χ3n) is 5.65. The Bertz CT molecular complexity index is 956. The van der Waals surface area contributed by atoms with Gasteiger partial charge in [-0.2, -0.15) is 4.31 Å². The quantitative estimate of drug-likeness (QED) is 0.537. The number of fused-ring (bicyclic) bond motifs is 1. The Morgan fingerprint density at radius 2 is 1.57 bits per heavy atom. The molecule has 1 aromatic rings. The van der Waals surface area contributed by atoms with Gasteiger partial charge in [0.2, 0.25) is 27.7 Å². The van der Waals surface area contributed by atoms with Crippen LogP contribution >= 0.6 is 0 Å². The molecule has 2 saturated heterocycles. The van der Waals surface area contributed by atoms with Crippen molar-refractivity contribution in [1.29, 1.82) is 0 Å². The summed E-state index contributed by atoms with van der Waals surface area (Å²) >= 11 is 0. The molecule has 10 heteroatoms. The lowest BCUT2D eigenvalue weighted by Gasteiger charge is -2.26. The number of amides is 3. The van der Waals surface area contributed by atoms with Gasteiger partial charge in [-0.15, -0.1) is 0 Å². The zero-order valence-corrected chi connectivity index (χ0v) is 17.1. The maximum absolute atomic E-state index is 12.6. The van der Waals surface area contributed by atoms with E-state index in [-0.39, 0.29) is 35.1 Å². The summed E-state index contributed by atoms with van der Waals surface area (Å²) in [5.74, 6) is -1.88. The molecule has 1 aromatic carbocycles. The number of likely N-dealkylation sites (tertiary alicyclic amines) is 1. The number of morpholine rings is 1. The van der Waals surface area contributed by atoms with Crippen LogP contribution in [0.2, 0.25) is 0 Å². The largest absolute Gasteiger partial charge is 0.379 e. The van der Waals surface area contributed by atoms with E-state index in [4.69, 9.17) is 4.74 Å². The van der Waals surface area contributed by atoms with Crippen molar-refractivity contribution in [3.63, 3.8) is 0 Å². The van der Waals surface area contributed by atoms with E-state index in [0.717, 1.165) is 4.90 Å². The fourth-order valence-electron chi connectivity index (χ4n) is 4.02. The smallest absolute Gasteiger partial charge is 0.244 e. The van der Waals surface area contributed by atoms with Gasteiger partial charge < -0.3 is 10.1 Å². The van der Waals surface area contributed by atoms with Gasteiger partial charge in [0.1, 0.15) is 6.54 Å². The van der Waals surface area contributed by atoms with Crippen LogP contribution in [0.4, 0.5) is 5.69 Å². The molecule has 1 N–H and O–H groups in total. The Labute approximate surface area is 174 Å². The first-order chi connectivity index (χ1) is 14.4. The number of anilines is 1. The average Bonchev–Trinajstić information content (AvgIpc) is 3.00. The summed E-state index contributed by atoms with van der Waals surface area (Å²) in [5.41, 5.74) is 0.388. The molecule has 3 aliphatic rings. The zero-order valence-electron chi connectivity index (χ0n) is 16.3. The van der Waals surface area contributed by atoms with Crippen molar-refractivity contribution < 1.29 is 27.5 Å². The predicted molar refractivity (Wildman–Crippen MR) is 107 cm³/mol. The topological polar surface area (TPSA) is 113 Å². The van der Waals surface area contributed by atoms with Crippen LogP contribution < -0.4 is 5.32 Å². The van der Waals surface area contributed by atoms with Crippen LogP contribution in [-0.4, -0.2) is 68.2 Å².